The largest absolute Gasteiger partial charge is 0.477 e. The lowest BCUT2D eigenvalue weighted by Crippen LogP contribution is -2.76. The molecule has 2 bridgehead atoms. The zero-order valence-corrected chi connectivity index (χ0v) is 16.1. The molecule has 0 radical (unpaired) electrons. The number of carbonyl (C=O) groups excluding carboxylic acids is 2. The van der Waals surface area contributed by atoms with E-state index in [-0.39, 0.29) is 24.2 Å². The number of esters is 1. The molecular weight excluding hydrogens is 358 g/mol. The number of rotatable bonds is 3. The van der Waals surface area contributed by atoms with E-state index < -0.39 is 17.1 Å². The zero-order chi connectivity index (χ0) is 19.3. The monoisotopic (exact) mass is 383 g/mol. The highest BCUT2D eigenvalue weighted by Gasteiger charge is 2.73. The molecule has 6 heteroatoms. The second kappa shape index (κ2) is 5.36. The van der Waals surface area contributed by atoms with Crippen molar-refractivity contribution in [1.29, 1.82) is 0 Å². The molecule has 1 spiro atoms. The second-order valence-corrected chi connectivity index (χ2v) is 9.05. The van der Waals surface area contributed by atoms with Crippen LogP contribution in [0.15, 0.2) is 12.1 Å². The average molecular weight is 383 g/mol. The van der Waals surface area contributed by atoms with Crippen LogP contribution in [0, 0.1) is 0 Å². The lowest BCUT2D eigenvalue weighted by molar-refractivity contribution is -0.189. The molecule has 6 rings (SSSR count). The molecule has 5 aliphatic rings. The van der Waals surface area contributed by atoms with Gasteiger partial charge in [-0.3, -0.25) is 14.5 Å². The summed E-state index contributed by atoms with van der Waals surface area (Å²) in [5.74, 6) is 0.620. The number of carbonyl (C=O) groups is 2. The summed E-state index contributed by atoms with van der Waals surface area (Å²) in [6.45, 7) is 2.63. The number of hydrogen-bond acceptors (Lipinski definition) is 6. The summed E-state index contributed by atoms with van der Waals surface area (Å²) in [4.78, 5) is 27.3. The maximum absolute atomic E-state index is 12.9. The van der Waals surface area contributed by atoms with Crippen molar-refractivity contribution in [1.82, 2.24) is 4.90 Å². The van der Waals surface area contributed by atoms with Crippen LogP contribution in [0.25, 0.3) is 0 Å². The fourth-order valence-electron chi connectivity index (χ4n) is 6.47. The van der Waals surface area contributed by atoms with Crippen molar-refractivity contribution < 1.29 is 24.2 Å². The molecule has 28 heavy (non-hydrogen) atoms. The first-order valence-electron chi connectivity index (χ1n) is 10.5. The van der Waals surface area contributed by atoms with E-state index in [0.717, 1.165) is 24.1 Å². The van der Waals surface area contributed by atoms with Gasteiger partial charge in [0.2, 0.25) is 0 Å². The first kappa shape index (κ1) is 17.0. The summed E-state index contributed by atoms with van der Waals surface area (Å²) >= 11 is 0. The van der Waals surface area contributed by atoms with Gasteiger partial charge in [-0.05, 0) is 50.3 Å². The number of benzene rings is 1. The molecule has 0 amide bonds. The third-order valence-electron chi connectivity index (χ3n) is 7.81. The Labute approximate surface area is 163 Å². The lowest BCUT2D eigenvalue weighted by Gasteiger charge is -2.62. The maximum Gasteiger partial charge on any atom is 0.311 e. The van der Waals surface area contributed by atoms with Crippen LogP contribution in [0.2, 0.25) is 0 Å². The third-order valence-corrected chi connectivity index (χ3v) is 7.81. The number of ether oxygens (including phenoxy) is 2. The molecule has 0 unspecified atom stereocenters. The van der Waals surface area contributed by atoms with Crippen LogP contribution in [0.1, 0.15) is 56.6 Å². The van der Waals surface area contributed by atoms with Crippen molar-refractivity contribution >= 4 is 11.8 Å². The lowest BCUT2D eigenvalue weighted by atomic mass is 9.49. The quantitative estimate of drug-likeness (QED) is 0.635. The minimum Gasteiger partial charge on any atom is -0.477 e. The summed E-state index contributed by atoms with van der Waals surface area (Å²) in [5.41, 5.74) is 0.373. The molecule has 2 heterocycles. The van der Waals surface area contributed by atoms with Gasteiger partial charge in [0.15, 0.2) is 23.4 Å². The maximum atomic E-state index is 12.9. The van der Waals surface area contributed by atoms with Gasteiger partial charge in [-0.15, -0.1) is 0 Å². The Balaban J connectivity index is 1.56. The van der Waals surface area contributed by atoms with Crippen LogP contribution in [0.3, 0.4) is 0 Å². The summed E-state index contributed by atoms with van der Waals surface area (Å²) in [7, 11) is 0. The van der Waals surface area contributed by atoms with Gasteiger partial charge in [-0.2, -0.15) is 0 Å². The molecular formula is C22H25NO5. The molecule has 0 aromatic heterocycles. The van der Waals surface area contributed by atoms with Crippen LogP contribution < -0.4 is 9.47 Å². The van der Waals surface area contributed by atoms with E-state index >= 15 is 0 Å². The molecule has 3 fully saturated rings. The predicted molar refractivity (Wildman–Crippen MR) is 99.5 cm³/mol. The number of aliphatic hydroxyl groups is 1. The van der Waals surface area contributed by atoms with E-state index in [0.29, 0.717) is 36.8 Å². The average Bonchev–Trinajstić information content (AvgIpc) is 3.44. The molecule has 2 aliphatic heterocycles. The minimum atomic E-state index is -0.974. The second-order valence-electron chi connectivity index (χ2n) is 9.05. The van der Waals surface area contributed by atoms with E-state index in [2.05, 4.69) is 4.90 Å². The Kier molecular flexibility index (Phi) is 3.25. The van der Waals surface area contributed by atoms with E-state index in [1.54, 1.807) is 13.0 Å². The Morgan fingerprint density at radius 3 is 2.93 bits per heavy atom. The molecule has 3 aliphatic carbocycles. The number of piperidine rings is 1. The van der Waals surface area contributed by atoms with Gasteiger partial charge in [0.05, 0.1) is 11.0 Å². The predicted octanol–water partition coefficient (Wildman–Crippen LogP) is 1.89. The van der Waals surface area contributed by atoms with Gasteiger partial charge >= 0.3 is 5.97 Å². The summed E-state index contributed by atoms with van der Waals surface area (Å²) in [5, 5.41) is 12.1. The fraction of sp³-hybridized carbons (Fsp3) is 0.636. The van der Waals surface area contributed by atoms with Gasteiger partial charge < -0.3 is 14.6 Å². The highest BCUT2D eigenvalue weighted by molar-refractivity contribution is 5.90. The summed E-state index contributed by atoms with van der Waals surface area (Å²) in [6.07, 6.45) is 4.27. The fourth-order valence-corrected chi connectivity index (χ4v) is 6.47. The normalized spacial score (nSPS) is 38.0. The highest BCUT2D eigenvalue weighted by atomic mass is 16.6. The molecule has 1 aromatic carbocycles. The van der Waals surface area contributed by atoms with Crippen LogP contribution in [0.4, 0.5) is 0 Å². The number of hydrogen-bond donors (Lipinski definition) is 1. The van der Waals surface area contributed by atoms with Gasteiger partial charge in [0.25, 0.3) is 0 Å². The molecule has 4 atom stereocenters. The van der Waals surface area contributed by atoms with Gasteiger partial charge in [0.1, 0.15) is 0 Å². The first-order chi connectivity index (χ1) is 13.5. The van der Waals surface area contributed by atoms with Crippen molar-refractivity contribution in [3.05, 3.63) is 23.3 Å². The molecule has 1 aromatic rings. The van der Waals surface area contributed by atoms with E-state index in [1.165, 1.54) is 12.8 Å². The summed E-state index contributed by atoms with van der Waals surface area (Å²) < 4.78 is 11.8. The Morgan fingerprint density at radius 1 is 1.36 bits per heavy atom. The van der Waals surface area contributed by atoms with E-state index in [4.69, 9.17) is 9.47 Å². The van der Waals surface area contributed by atoms with Crippen molar-refractivity contribution in [3.8, 4) is 11.5 Å². The molecule has 6 nitrogen and oxygen atoms in total. The van der Waals surface area contributed by atoms with Gasteiger partial charge in [-0.25, -0.2) is 0 Å². The topological polar surface area (TPSA) is 76.1 Å². The minimum absolute atomic E-state index is 0.0236. The van der Waals surface area contributed by atoms with Crippen LogP contribution in [-0.4, -0.2) is 52.1 Å². The van der Waals surface area contributed by atoms with Crippen molar-refractivity contribution in [2.45, 2.75) is 81.1 Å². The standard InChI is InChI=1S/C22H25NO5/c1-2-17(25)27-15-6-3-12-11-16-22(26)8-7-14(24)20-21(22,18(12)19(15)28-20)9-10-23(16)13-4-5-13/h3,6,13,16,20,26H,2,4-5,7-11H2,1H3/t16-,20+,21+,22-/m1/s1. The molecule has 148 valence electrons. The molecule has 1 N–H and O–H groups in total. The highest BCUT2D eigenvalue weighted by Crippen LogP contribution is 2.65. The van der Waals surface area contributed by atoms with E-state index in [1.807, 2.05) is 6.07 Å². The third kappa shape index (κ3) is 1.86. The van der Waals surface area contributed by atoms with E-state index in [9.17, 15) is 14.7 Å². The number of nitrogens with zero attached hydrogens (tertiary/aromatic N) is 1. The van der Waals surface area contributed by atoms with Crippen LogP contribution in [0.5, 0.6) is 11.5 Å². The van der Waals surface area contributed by atoms with Gasteiger partial charge in [0, 0.05) is 30.5 Å². The zero-order valence-electron chi connectivity index (χ0n) is 16.1. The Bertz CT molecular complexity index is 908. The molecule has 2 saturated carbocycles. The smallest absolute Gasteiger partial charge is 0.311 e. The van der Waals surface area contributed by atoms with Crippen LogP contribution in [-0.2, 0) is 21.4 Å². The number of ketones is 1. The summed E-state index contributed by atoms with van der Waals surface area (Å²) in [6, 6.07) is 4.39. The number of Topliss-reactive ketones (excluding diaryl/α,β-unsaturated/α-hetero) is 1. The Hall–Kier alpha value is -1.92. The van der Waals surface area contributed by atoms with Crippen molar-refractivity contribution in [3.63, 3.8) is 0 Å². The number of likely N-dealkylation sites (tertiary alicyclic amines) is 1. The Morgan fingerprint density at radius 2 is 2.18 bits per heavy atom. The SMILES string of the molecule is CCC(=O)Oc1ccc2c3c1O[C@H]1C(=O)CC[C@@]4(O)[C@@H](C2)N(C2CC2)CC[C@]314. The van der Waals surface area contributed by atoms with Crippen LogP contribution >= 0.6 is 0 Å². The van der Waals surface area contributed by atoms with Crippen molar-refractivity contribution in [2.24, 2.45) is 0 Å². The van der Waals surface area contributed by atoms with Gasteiger partial charge in [-0.1, -0.05) is 13.0 Å². The molecule has 1 saturated heterocycles. The van der Waals surface area contributed by atoms with Crippen molar-refractivity contribution in [2.75, 3.05) is 6.54 Å². The first-order valence-corrected chi connectivity index (χ1v) is 10.5.